The molecule has 0 radical (unpaired) electrons. The van der Waals surface area contributed by atoms with Gasteiger partial charge in [-0.25, -0.2) is 4.39 Å². The van der Waals surface area contributed by atoms with Crippen LogP contribution in [0.25, 0.3) is 0 Å². The van der Waals surface area contributed by atoms with E-state index in [-0.39, 0.29) is 11.5 Å². The van der Waals surface area contributed by atoms with Crippen molar-refractivity contribution in [2.45, 2.75) is 0 Å². The molecule has 9 heteroatoms. The number of nitro groups is 1. The Morgan fingerprint density at radius 3 is 2.15 bits per heavy atom. The molecule has 3 rings (SSSR count). The highest BCUT2D eigenvalue weighted by Gasteiger charge is 2.19. The van der Waals surface area contributed by atoms with Crippen molar-refractivity contribution in [2.24, 2.45) is 7.05 Å². The predicted molar refractivity (Wildman–Crippen MR) is 96.6 cm³/mol. The fourth-order valence-corrected chi connectivity index (χ4v) is 2.61. The highest BCUT2D eigenvalue weighted by atomic mass is 19.1. The first-order valence-electron chi connectivity index (χ1n) is 7.75. The summed E-state index contributed by atoms with van der Waals surface area (Å²) >= 11 is 0. The minimum Gasteiger partial charge on any atom is -0.314 e. The van der Waals surface area contributed by atoms with E-state index >= 15 is 0 Å². The number of benzene rings is 2. The molecule has 0 saturated heterocycles. The van der Waals surface area contributed by atoms with Crippen molar-refractivity contribution >= 4 is 29.0 Å². The third-order valence-corrected chi connectivity index (χ3v) is 4.07. The summed E-state index contributed by atoms with van der Waals surface area (Å²) in [5.41, 5.74) is 1.37. The largest absolute Gasteiger partial charge is 0.314 e. The van der Waals surface area contributed by atoms with E-state index in [0.29, 0.717) is 17.6 Å². The van der Waals surface area contributed by atoms with Gasteiger partial charge in [-0.05, 0) is 30.3 Å². The number of nitro benzene ring substituents is 1. The summed E-state index contributed by atoms with van der Waals surface area (Å²) in [5, 5.41) is 19.3. The molecule has 0 aliphatic rings. The van der Waals surface area contributed by atoms with Gasteiger partial charge in [-0.1, -0.05) is 6.07 Å². The molecule has 0 spiro atoms. The predicted octanol–water partition coefficient (Wildman–Crippen LogP) is 3.40. The second-order valence-electron chi connectivity index (χ2n) is 5.73. The number of nitrogens with zero attached hydrogens (tertiary/aromatic N) is 6. The van der Waals surface area contributed by atoms with Crippen LogP contribution in [0.2, 0.25) is 0 Å². The smallest absolute Gasteiger partial charge is 0.271 e. The molecule has 0 atom stereocenters. The van der Waals surface area contributed by atoms with Gasteiger partial charge >= 0.3 is 0 Å². The Kier molecular flexibility index (Phi) is 4.53. The van der Waals surface area contributed by atoms with Gasteiger partial charge in [-0.3, -0.25) is 14.7 Å². The standard InChI is InChI=1S/C17H17FN6O2/c1-21(13-9-7-12(18)8-10-13)16-19-20-17(23(16)3)22(2)14-5-4-6-15(11-14)24(25)26/h4-11H,1-3H3. The van der Waals surface area contributed by atoms with Gasteiger partial charge in [0.15, 0.2) is 0 Å². The molecule has 0 unspecified atom stereocenters. The fourth-order valence-electron chi connectivity index (χ4n) is 2.61. The quantitative estimate of drug-likeness (QED) is 0.515. The highest BCUT2D eigenvalue weighted by molar-refractivity contribution is 5.63. The molecule has 0 saturated carbocycles. The Morgan fingerprint density at radius 1 is 1.00 bits per heavy atom. The van der Waals surface area contributed by atoms with E-state index in [0.717, 1.165) is 5.69 Å². The molecule has 0 fully saturated rings. The van der Waals surface area contributed by atoms with Crippen LogP contribution in [-0.2, 0) is 7.05 Å². The minimum absolute atomic E-state index is 0.000159. The maximum absolute atomic E-state index is 13.1. The zero-order chi connectivity index (χ0) is 18.8. The number of hydrogen-bond donors (Lipinski definition) is 0. The second-order valence-corrected chi connectivity index (χ2v) is 5.73. The number of hydrogen-bond acceptors (Lipinski definition) is 6. The van der Waals surface area contributed by atoms with E-state index in [1.165, 1.54) is 24.3 Å². The lowest BCUT2D eigenvalue weighted by Crippen LogP contribution is -2.18. The Hall–Kier alpha value is -3.49. The Bertz CT molecular complexity index is 941. The molecule has 26 heavy (non-hydrogen) atoms. The summed E-state index contributed by atoms with van der Waals surface area (Å²) in [5.74, 6) is 0.740. The van der Waals surface area contributed by atoms with Gasteiger partial charge in [0.2, 0.25) is 11.9 Å². The molecule has 1 aromatic heterocycles. The van der Waals surface area contributed by atoms with E-state index in [1.54, 1.807) is 59.8 Å². The third-order valence-electron chi connectivity index (χ3n) is 4.07. The monoisotopic (exact) mass is 356 g/mol. The van der Waals surface area contributed by atoms with Crippen LogP contribution >= 0.6 is 0 Å². The SMILES string of the molecule is CN(c1ccc(F)cc1)c1nnc(N(C)c2cccc([N+](=O)[O-])c2)n1C. The van der Waals surface area contributed by atoms with Crippen LogP contribution in [0, 0.1) is 15.9 Å². The van der Waals surface area contributed by atoms with Crippen LogP contribution in [0.1, 0.15) is 0 Å². The van der Waals surface area contributed by atoms with Crippen molar-refractivity contribution in [3.8, 4) is 0 Å². The summed E-state index contributed by atoms with van der Waals surface area (Å²) < 4.78 is 14.9. The molecule has 0 amide bonds. The lowest BCUT2D eigenvalue weighted by Gasteiger charge is -2.21. The first-order valence-corrected chi connectivity index (χ1v) is 7.75. The molecule has 0 aliphatic heterocycles. The van der Waals surface area contributed by atoms with Gasteiger partial charge in [-0.2, -0.15) is 0 Å². The summed E-state index contributed by atoms with van der Waals surface area (Å²) in [6.45, 7) is 0. The highest BCUT2D eigenvalue weighted by Crippen LogP contribution is 2.29. The summed E-state index contributed by atoms with van der Waals surface area (Å²) in [7, 11) is 5.34. The lowest BCUT2D eigenvalue weighted by atomic mass is 10.2. The average Bonchev–Trinajstić information content (AvgIpc) is 3.02. The topological polar surface area (TPSA) is 80.3 Å². The Morgan fingerprint density at radius 2 is 1.58 bits per heavy atom. The van der Waals surface area contributed by atoms with Crippen LogP contribution < -0.4 is 9.80 Å². The molecule has 0 bridgehead atoms. The van der Waals surface area contributed by atoms with Crippen molar-refractivity contribution < 1.29 is 9.31 Å². The number of halogens is 1. The summed E-state index contributed by atoms with van der Waals surface area (Å²) in [6, 6.07) is 12.3. The molecule has 3 aromatic rings. The maximum atomic E-state index is 13.1. The Labute approximate surface area is 149 Å². The van der Waals surface area contributed by atoms with E-state index in [1.807, 2.05) is 0 Å². The number of rotatable bonds is 5. The molecule has 0 aliphatic carbocycles. The first kappa shape index (κ1) is 17.3. The van der Waals surface area contributed by atoms with Gasteiger partial charge in [0.05, 0.1) is 10.6 Å². The van der Waals surface area contributed by atoms with Crippen molar-refractivity contribution in [2.75, 3.05) is 23.9 Å². The molecule has 2 aromatic carbocycles. The average molecular weight is 356 g/mol. The van der Waals surface area contributed by atoms with Gasteiger partial charge in [-0.15, -0.1) is 10.2 Å². The fraction of sp³-hybridized carbons (Fsp3) is 0.176. The van der Waals surface area contributed by atoms with E-state index in [4.69, 9.17) is 0 Å². The zero-order valence-electron chi connectivity index (χ0n) is 14.5. The lowest BCUT2D eigenvalue weighted by molar-refractivity contribution is -0.384. The first-order chi connectivity index (χ1) is 12.4. The van der Waals surface area contributed by atoms with Gasteiger partial charge < -0.3 is 9.80 Å². The molecule has 8 nitrogen and oxygen atoms in total. The zero-order valence-corrected chi connectivity index (χ0v) is 14.5. The van der Waals surface area contributed by atoms with Crippen LogP contribution in [-0.4, -0.2) is 33.8 Å². The molecular formula is C17H17FN6O2. The van der Waals surface area contributed by atoms with Gasteiger partial charge in [0.1, 0.15) is 5.82 Å². The maximum Gasteiger partial charge on any atom is 0.271 e. The van der Waals surface area contributed by atoms with Crippen molar-refractivity contribution in [3.05, 3.63) is 64.5 Å². The second kappa shape index (κ2) is 6.79. The van der Waals surface area contributed by atoms with Gasteiger partial charge in [0.25, 0.3) is 5.69 Å². The van der Waals surface area contributed by atoms with Crippen LogP contribution in [0.3, 0.4) is 0 Å². The van der Waals surface area contributed by atoms with Crippen molar-refractivity contribution in [1.29, 1.82) is 0 Å². The molecule has 0 N–H and O–H groups in total. The van der Waals surface area contributed by atoms with Crippen LogP contribution in [0.15, 0.2) is 48.5 Å². The molecule has 1 heterocycles. The summed E-state index contributed by atoms with van der Waals surface area (Å²) in [6.07, 6.45) is 0. The minimum atomic E-state index is -0.443. The van der Waals surface area contributed by atoms with E-state index in [2.05, 4.69) is 10.2 Å². The van der Waals surface area contributed by atoms with Crippen LogP contribution in [0.5, 0.6) is 0 Å². The van der Waals surface area contributed by atoms with Crippen molar-refractivity contribution in [3.63, 3.8) is 0 Å². The number of anilines is 4. The van der Waals surface area contributed by atoms with E-state index in [9.17, 15) is 14.5 Å². The van der Waals surface area contributed by atoms with Crippen molar-refractivity contribution in [1.82, 2.24) is 14.8 Å². The third kappa shape index (κ3) is 3.18. The van der Waals surface area contributed by atoms with E-state index < -0.39 is 4.92 Å². The molecular weight excluding hydrogens is 339 g/mol. The van der Waals surface area contributed by atoms with Crippen LogP contribution in [0.4, 0.5) is 33.3 Å². The molecule has 134 valence electrons. The number of aromatic nitrogens is 3. The van der Waals surface area contributed by atoms with Gasteiger partial charge in [0, 0.05) is 39.0 Å². The summed E-state index contributed by atoms with van der Waals surface area (Å²) in [4.78, 5) is 14.0. The number of non-ortho nitro benzene ring substituents is 1. The normalized spacial score (nSPS) is 10.6. The Balaban J connectivity index is 1.92.